The first-order valence-corrected chi connectivity index (χ1v) is 7.28. The van der Waals surface area contributed by atoms with Crippen molar-refractivity contribution in [2.24, 2.45) is 0 Å². The Bertz CT molecular complexity index is 586. The van der Waals surface area contributed by atoms with Gasteiger partial charge in [0, 0.05) is 5.69 Å². The minimum atomic E-state index is -4.40. The lowest BCUT2D eigenvalue weighted by atomic mass is 10.2. The van der Waals surface area contributed by atoms with Gasteiger partial charge in [-0.25, -0.2) is 4.98 Å². The quantitative estimate of drug-likeness (QED) is 0.780. The molecule has 0 atom stereocenters. The molecule has 1 aromatic carbocycles. The highest BCUT2D eigenvalue weighted by Crippen LogP contribution is 2.27. The molecule has 126 valence electrons. The smallest absolute Gasteiger partial charge is 0.422 e. The molecule has 0 spiro atoms. The zero-order valence-corrected chi connectivity index (χ0v) is 13.4. The third kappa shape index (κ3) is 7.04. The largest absolute Gasteiger partial charge is 0.478 e. The highest BCUT2D eigenvalue weighted by Gasteiger charge is 2.29. The van der Waals surface area contributed by atoms with Crippen molar-refractivity contribution < 1.29 is 22.6 Å². The predicted molar refractivity (Wildman–Crippen MR) is 82.6 cm³/mol. The molecule has 0 fully saturated rings. The monoisotopic (exact) mass is 327 g/mol. The lowest BCUT2D eigenvalue weighted by Crippen LogP contribution is -2.19. The number of nitrogens with zero attached hydrogens (tertiary/aromatic N) is 1. The number of ether oxygens (including phenoxy) is 2. The summed E-state index contributed by atoms with van der Waals surface area (Å²) in [5.41, 5.74) is 1.53. The van der Waals surface area contributed by atoms with Gasteiger partial charge in [0.1, 0.15) is 6.61 Å². The highest BCUT2D eigenvalue weighted by molar-refractivity contribution is 5.35. The van der Waals surface area contributed by atoms with Crippen molar-refractivity contribution in [3.05, 3.63) is 53.7 Å². The molecule has 2 aromatic rings. The second-order valence-corrected chi connectivity index (χ2v) is 4.43. The minimum absolute atomic E-state index is 0.0196. The number of aryl methyl sites for hydroxylation is 1. The van der Waals surface area contributed by atoms with Crippen LogP contribution in [0, 0.1) is 6.92 Å². The van der Waals surface area contributed by atoms with E-state index >= 15 is 0 Å². The van der Waals surface area contributed by atoms with Gasteiger partial charge < -0.3 is 9.47 Å². The zero-order chi connectivity index (χ0) is 17.3. The van der Waals surface area contributed by atoms with Crippen LogP contribution in [-0.4, -0.2) is 17.8 Å². The summed E-state index contributed by atoms with van der Waals surface area (Å²) in [6.45, 7) is 4.56. The van der Waals surface area contributed by atoms with Gasteiger partial charge in [-0.3, -0.25) is 0 Å². The molecule has 0 radical (unpaired) electrons. The van der Waals surface area contributed by atoms with Crippen LogP contribution in [-0.2, 0) is 6.61 Å². The first-order chi connectivity index (χ1) is 10.9. The molecule has 0 saturated heterocycles. The maximum absolute atomic E-state index is 12.2. The predicted octanol–water partition coefficient (Wildman–Crippen LogP) is 4.94. The number of aromatic nitrogens is 1. The Balaban J connectivity index is 0.00000127. The van der Waals surface area contributed by atoms with E-state index in [0.29, 0.717) is 5.69 Å². The standard InChI is InChI=1S/C15H14F3NO2.C2H6/c1-11-7-8-13(21-10-15(16,17)18)14(19-11)20-9-12-5-3-2-4-6-12;1-2/h2-8H,9-10H2,1H3;1-2H3. The molecule has 0 aliphatic rings. The highest BCUT2D eigenvalue weighted by atomic mass is 19.4. The van der Waals surface area contributed by atoms with E-state index in [2.05, 4.69) is 4.98 Å². The van der Waals surface area contributed by atoms with Gasteiger partial charge in [0.25, 0.3) is 5.88 Å². The molecule has 3 nitrogen and oxygen atoms in total. The first-order valence-electron chi connectivity index (χ1n) is 7.28. The van der Waals surface area contributed by atoms with E-state index in [9.17, 15) is 13.2 Å². The number of benzene rings is 1. The minimum Gasteiger partial charge on any atom is -0.478 e. The summed E-state index contributed by atoms with van der Waals surface area (Å²) >= 11 is 0. The first kappa shape index (κ1) is 18.8. The molecular weight excluding hydrogens is 307 g/mol. The number of hydrogen-bond donors (Lipinski definition) is 0. The number of rotatable bonds is 5. The molecule has 0 saturated carbocycles. The van der Waals surface area contributed by atoms with Gasteiger partial charge in [-0.15, -0.1) is 0 Å². The summed E-state index contributed by atoms with van der Waals surface area (Å²) in [4.78, 5) is 4.07. The molecule has 1 aromatic heterocycles. The fourth-order valence-corrected chi connectivity index (χ4v) is 1.62. The van der Waals surface area contributed by atoms with E-state index in [0.717, 1.165) is 5.56 Å². The number of hydrogen-bond acceptors (Lipinski definition) is 3. The fraction of sp³-hybridized carbons (Fsp3) is 0.353. The van der Waals surface area contributed by atoms with Crippen molar-refractivity contribution in [2.45, 2.75) is 33.6 Å². The molecule has 0 N–H and O–H groups in total. The van der Waals surface area contributed by atoms with E-state index in [4.69, 9.17) is 9.47 Å². The van der Waals surface area contributed by atoms with Gasteiger partial charge >= 0.3 is 6.18 Å². The van der Waals surface area contributed by atoms with E-state index in [-0.39, 0.29) is 18.2 Å². The van der Waals surface area contributed by atoms with Crippen molar-refractivity contribution in [1.82, 2.24) is 4.98 Å². The average Bonchev–Trinajstić information content (AvgIpc) is 2.54. The normalized spacial score (nSPS) is 10.5. The van der Waals surface area contributed by atoms with Crippen LogP contribution in [0.4, 0.5) is 13.2 Å². The third-order valence-corrected chi connectivity index (χ3v) is 2.57. The molecule has 0 bridgehead atoms. The Morgan fingerprint density at radius 3 is 2.22 bits per heavy atom. The molecule has 23 heavy (non-hydrogen) atoms. The maximum atomic E-state index is 12.2. The molecule has 0 aliphatic carbocycles. The van der Waals surface area contributed by atoms with Gasteiger partial charge in [0.15, 0.2) is 12.4 Å². The zero-order valence-electron chi connectivity index (χ0n) is 13.4. The Morgan fingerprint density at radius 2 is 1.61 bits per heavy atom. The van der Waals surface area contributed by atoms with Crippen LogP contribution >= 0.6 is 0 Å². The lowest BCUT2D eigenvalue weighted by molar-refractivity contribution is -0.153. The van der Waals surface area contributed by atoms with Crippen LogP contribution in [0.2, 0.25) is 0 Å². The molecule has 0 amide bonds. The second-order valence-electron chi connectivity index (χ2n) is 4.43. The van der Waals surface area contributed by atoms with Gasteiger partial charge in [-0.05, 0) is 24.6 Å². The van der Waals surface area contributed by atoms with Gasteiger partial charge in [-0.2, -0.15) is 13.2 Å². The molecular formula is C17H20F3NO2. The topological polar surface area (TPSA) is 31.4 Å². The average molecular weight is 327 g/mol. The van der Waals surface area contributed by atoms with Crippen LogP contribution in [0.1, 0.15) is 25.1 Å². The van der Waals surface area contributed by atoms with E-state index in [1.807, 2.05) is 44.2 Å². The summed E-state index contributed by atoms with van der Waals surface area (Å²) in [5.74, 6) is 0.0389. The summed E-state index contributed by atoms with van der Waals surface area (Å²) in [5, 5.41) is 0. The summed E-state index contributed by atoms with van der Waals surface area (Å²) in [6, 6.07) is 12.3. The van der Waals surface area contributed by atoms with E-state index < -0.39 is 12.8 Å². The van der Waals surface area contributed by atoms with Gasteiger partial charge in [0.05, 0.1) is 0 Å². The molecule has 1 heterocycles. The number of alkyl halides is 3. The van der Waals surface area contributed by atoms with Gasteiger partial charge in [-0.1, -0.05) is 44.2 Å². The molecule has 0 unspecified atom stereocenters. The van der Waals surface area contributed by atoms with Crippen LogP contribution in [0.15, 0.2) is 42.5 Å². The number of pyridine rings is 1. The third-order valence-electron chi connectivity index (χ3n) is 2.57. The Labute approximate surface area is 134 Å². The molecule has 0 aliphatic heterocycles. The van der Waals surface area contributed by atoms with Crippen LogP contribution < -0.4 is 9.47 Å². The Morgan fingerprint density at radius 1 is 0.957 bits per heavy atom. The van der Waals surface area contributed by atoms with Crippen molar-refractivity contribution in [3.8, 4) is 11.6 Å². The SMILES string of the molecule is CC.Cc1ccc(OCC(F)(F)F)c(OCc2ccccc2)n1. The summed E-state index contributed by atoms with van der Waals surface area (Å²) in [6.07, 6.45) is -4.40. The van der Waals surface area contributed by atoms with Crippen LogP contribution in [0.3, 0.4) is 0 Å². The Hall–Kier alpha value is -2.24. The van der Waals surface area contributed by atoms with Gasteiger partial charge in [0.2, 0.25) is 0 Å². The van der Waals surface area contributed by atoms with Crippen LogP contribution in [0.25, 0.3) is 0 Å². The van der Waals surface area contributed by atoms with Crippen molar-refractivity contribution >= 4 is 0 Å². The van der Waals surface area contributed by atoms with Crippen molar-refractivity contribution in [2.75, 3.05) is 6.61 Å². The van der Waals surface area contributed by atoms with E-state index in [1.54, 1.807) is 13.0 Å². The van der Waals surface area contributed by atoms with Crippen LogP contribution in [0.5, 0.6) is 11.6 Å². The lowest BCUT2D eigenvalue weighted by Gasteiger charge is -2.13. The van der Waals surface area contributed by atoms with Crippen molar-refractivity contribution in [3.63, 3.8) is 0 Å². The van der Waals surface area contributed by atoms with Crippen molar-refractivity contribution in [1.29, 1.82) is 0 Å². The Kier molecular flexibility index (Phi) is 7.38. The summed E-state index contributed by atoms with van der Waals surface area (Å²) < 4.78 is 46.8. The number of halogens is 3. The second kappa shape index (κ2) is 9.02. The maximum Gasteiger partial charge on any atom is 0.422 e. The molecule has 2 rings (SSSR count). The molecule has 6 heteroatoms. The van der Waals surface area contributed by atoms with E-state index in [1.165, 1.54) is 6.07 Å². The fourth-order valence-electron chi connectivity index (χ4n) is 1.62. The summed E-state index contributed by atoms with van der Waals surface area (Å²) in [7, 11) is 0.